The molecule has 2 rings (SSSR count). The van der Waals surface area contributed by atoms with Crippen molar-refractivity contribution in [1.82, 2.24) is 15.2 Å². The highest BCUT2D eigenvalue weighted by molar-refractivity contribution is 7.80. The molecule has 1 saturated heterocycles. The smallest absolute Gasteiger partial charge is 0.328 e. The van der Waals surface area contributed by atoms with Crippen LogP contribution in [0.15, 0.2) is 36.5 Å². The molecule has 0 spiro atoms. The normalized spacial score (nSPS) is 15.2. The van der Waals surface area contributed by atoms with Crippen molar-refractivity contribution in [3.05, 3.63) is 42.2 Å². The number of hydrogen-bond acceptors (Lipinski definition) is 5. The lowest BCUT2D eigenvalue weighted by atomic mass is 9.92. The van der Waals surface area contributed by atoms with E-state index >= 15 is 0 Å². The third-order valence-electron chi connectivity index (χ3n) is 4.00. The van der Waals surface area contributed by atoms with Crippen molar-refractivity contribution in [3.63, 3.8) is 0 Å². The zero-order chi connectivity index (χ0) is 20.2. The molecule has 1 aromatic rings. The first kappa shape index (κ1) is 22.7. The Kier molecular flexibility index (Phi) is 10.2. The molecule has 27 heavy (non-hydrogen) atoms. The molecule has 148 valence electrons. The summed E-state index contributed by atoms with van der Waals surface area (Å²) in [5.41, 5.74) is 1.07. The number of pyridine rings is 1. The molecule has 0 saturated carbocycles. The van der Waals surface area contributed by atoms with E-state index in [9.17, 15) is 9.59 Å². The highest BCUT2D eigenvalue weighted by atomic mass is 32.1. The van der Waals surface area contributed by atoms with Crippen LogP contribution >= 0.6 is 12.2 Å². The second-order valence-corrected chi connectivity index (χ2v) is 6.95. The number of rotatable bonds is 7. The molecule has 1 aliphatic rings. The molecule has 1 aliphatic heterocycles. The maximum Gasteiger partial charge on any atom is 0.328 e. The summed E-state index contributed by atoms with van der Waals surface area (Å²) in [6.07, 6.45) is 5.57. The van der Waals surface area contributed by atoms with Gasteiger partial charge in [0.25, 0.3) is 0 Å². The van der Waals surface area contributed by atoms with Gasteiger partial charge in [-0.05, 0) is 44.0 Å². The highest BCUT2D eigenvalue weighted by Crippen LogP contribution is 2.23. The fourth-order valence-corrected chi connectivity index (χ4v) is 3.18. The van der Waals surface area contributed by atoms with Gasteiger partial charge in [-0.2, -0.15) is 0 Å². The van der Waals surface area contributed by atoms with Gasteiger partial charge in [-0.1, -0.05) is 32.1 Å². The van der Waals surface area contributed by atoms with Crippen molar-refractivity contribution in [3.8, 4) is 0 Å². The van der Waals surface area contributed by atoms with Gasteiger partial charge in [0, 0.05) is 18.3 Å². The van der Waals surface area contributed by atoms with E-state index in [2.05, 4.69) is 35.1 Å². The van der Waals surface area contributed by atoms with E-state index in [4.69, 9.17) is 22.4 Å². The fourth-order valence-electron chi connectivity index (χ4n) is 2.72. The number of nitrogens with one attached hydrogen (secondary N) is 1. The molecule has 1 atom stereocenters. The number of thiocarbonyl (C=S) groups is 1. The van der Waals surface area contributed by atoms with Gasteiger partial charge in [-0.3, -0.25) is 9.88 Å². The monoisotopic (exact) mass is 393 g/mol. The summed E-state index contributed by atoms with van der Waals surface area (Å²) < 4.78 is 0. The average molecular weight is 394 g/mol. The number of nitrogens with zero attached hydrogens (tertiary/aromatic N) is 2. The number of carboxylic acids is 2. The average Bonchev–Trinajstić information content (AvgIpc) is 3.13. The van der Waals surface area contributed by atoms with Crippen LogP contribution in [0.2, 0.25) is 0 Å². The first-order valence-corrected chi connectivity index (χ1v) is 9.27. The lowest BCUT2D eigenvalue weighted by molar-refractivity contribution is -0.134. The Morgan fingerprint density at radius 2 is 1.81 bits per heavy atom. The van der Waals surface area contributed by atoms with Gasteiger partial charge in [-0.25, -0.2) is 9.59 Å². The Morgan fingerprint density at radius 3 is 2.26 bits per heavy atom. The van der Waals surface area contributed by atoms with E-state index in [0.717, 1.165) is 17.4 Å². The van der Waals surface area contributed by atoms with Crippen LogP contribution in [0.4, 0.5) is 0 Å². The Bertz CT molecular complexity index is 628. The van der Waals surface area contributed by atoms with E-state index in [1.54, 1.807) is 0 Å². The second kappa shape index (κ2) is 12.1. The standard InChI is InChI=1S/C15H23N3S.C4H4O4/c1-12(2)14(13-7-3-4-8-16-13)15(19)17-11-18-9-5-6-10-18;5-3(6)1-2-4(7)8/h3-4,7-8,12,14H,5-6,9-11H2,1-2H3,(H,17,19);1-2H,(H,5,6)(H,7,8)/b;2-1-. The Hall–Kier alpha value is -2.32. The third-order valence-corrected chi connectivity index (χ3v) is 4.40. The van der Waals surface area contributed by atoms with E-state index in [1.165, 1.54) is 25.9 Å². The summed E-state index contributed by atoms with van der Waals surface area (Å²) >= 11 is 5.59. The van der Waals surface area contributed by atoms with Crippen molar-refractivity contribution >= 4 is 29.1 Å². The molecule has 0 aliphatic carbocycles. The van der Waals surface area contributed by atoms with Gasteiger partial charge in [-0.15, -0.1) is 0 Å². The molecule has 0 bridgehead atoms. The highest BCUT2D eigenvalue weighted by Gasteiger charge is 2.22. The molecule has 1 aromatic heterocycles. The molecule has 1 fully saturated rings. The summed E-state index contributed by atoms with van der Waals surface area (Å²) in [4.78, 5) is 26.9. The zero-order valence-electron chi connectivity index (χ0n) is 15.7. The van der Waals surface area contributed by atoms with E-state index in [1.807, 2.05) is 18.3 Å². The Morgan fingerprint density at radius 1 is 1.22 bits per heavy atom. The predicted molar refractivity (Wildman–Crippen MR) is 108 cm³/mol. The molecular formula is C19H27N3O4S. The molecule has 0 amide bonds. The predicted octanol–water partition coefficient (Wildman–Crippen LogP) is 2.50. The van der Waals surface area contributed by atoms with Crippen LogP contribution in [-0.4, -0.2) is 56.8 Å². The van der Waals surface area contributed by atoms with Gasteiger partial charge in [0.2, 0.25) is 0 Å². The van der Waals surface area contributed by atoms with Crippen molar-refractivity contribution in [1.29, 1.82) is 0 Å². The van der Waals surface area contributed by atoms with Crippen molar-refractivity contribution < 1.29 is 19.8 Å². The van der Waals surface area contributed by atoms with Gasteiger partial charge in [0.1, 0.15) is 0 Å². The number of carbonyl (C=O) groups is 2. The fraction of sp³-hybridized carbons (Fsp3) is 0.474. The number of carboxylic acid groups (broad SMARTS) is 2. The largest absolute Gasteiger partial charge is 0.478 e. The lowest BCUT2D eigenvalue weighted by Gasteiger charge is -2.24. The summed E-state index contributed by atoms with van der Waals surface area (Å²) in [6.45, 7) is 7.64. The van der Waals surface area contributed by atoms with E-state index in [-0.39, 0.29) is 5.92 Å². The molecule has 0 radical (unpaired) electrons. The van der Waals surface area contributed by atoms with Crippen LogP contribution in [0.1, 0.15) is 38.3 Å². The maximum atomic E-state index is 9.55. The molecule has 8 heteroatoms. The molecule has 1 unspecified atom stereocenters. The lowest BCUT2D eigenvalue weighted by Crippen LogP contribution is -2.38. The van der Waals surface area contributed by atoms with Crippen molar-refractivity contribution in [2.24, 2.45) is 5.92 Å². The molecule has 7 nitrogen and oxygen atoms in total. The van der Waals surface area contributed by atoms with E-state index in [0.29, 0.717) is 18.1 Å². The quantitative estimate of drug-likeness (QED) is 0.480. The second-order valence-electron chi connectivity index (χ2n) is 6.51. The summed E-state index contributed by atoms with van der Waals surface area (Å²) in [5.74, 6) is -1.85. The third kappa shape index (κ3) is 9.25. The van der Waals surface area contributed by atoms with Gasteiger partial charge >= 0.3 is 11.9 Å². The van der Waals surface area contributed by atoms with Crippen LogP contribution in [0.3, 0.4) is 0 Å². The van der Waals surface area contributed by atoms with Crippen LogP contribution in [0.5, 0.6) is 0 Å². The van der Waals surface area contributed by atoms with Crippen LogP contribution in [0, 0.1) is 5.92 Å². The zero-order valence-corrected chi connectivity index (χ0v) is 16.5. The minimum Gasteiger partial charge on any atom is -0.478 e. The first-order valence-electron chi connectivity index (χ1n) is 8.86. The number of likely N-dealkylation sites (tertiary alicyclic amines) is 1. The number of hydrogen-bond donors (Lipinski definition) is 3. The Labute approximate surface area is 165 Å². The van der Waals surface area contributed by atoms with Gasteiger partial charge < -0.3 is 15.5 Å². The van der Waals surface area contributed by atoms with Crippen LogP contribution in [-0.2, 0) is 9.59 Å². The molecule has 3 N–H and O–H groups in total. The molecular weight excluding hydrogens is 366 g/mol. The van der Waals surface area contributed by atoms with E-state index < -0.39 is 11.9 Å². The van der Waals surface area contributed by atoms with Crippen molar-refractivity contribution in [2.45, 2.75) is 32.6 Å². The Balaban J connectivity index is 0.000000387. The minimum absolute atomic E-state index is 0.207. The minimum atomic E-state index is -1.26. The van der Waals surface area contributed by atoms with Crippen LogP contribution in [0.25, 0.3) is 0 Å². The number of aliphatic carboxylic acids is 2. The summed E-state index contributed by atoms with van der Waals surface area (Å²) in [6, 6.07) is 6.04. The SMILES string of the molecule is CC(C)C(C(=S)NCN1CCCC1)c1ccccn1.O=C(O)/C=C\C(=O)O. The molecule has 0 aromatic carbocycles. The van der Waals surface area contributed by atoms with Crippen LogP contribution < -0.4 is 5.32 Å². The maximum absolute atomic E-state index is 9.55. The first-order chi connectivity index (χ1) is 12.8. The molecule has 2 heterocycles. The van der Waals surface area contributed by atoms with Gasteiger partial charge in [0.05, 0.1) is 23.3 Å². The number of aromatic nitrogens is 1. The summed E-state index contributed by atoms with van der Waals surface area (Å²) in [5, 5.41) is 19.0. The van der Waals surface area contributed by atoms with Gasteiger partial charge in [0.15, 0.2) is 0 Å². The summed E-state index contributed by atoms with van der Waals surface area (Å²) in [7, 11) is 0. The van der Waals surface area contributed by atoms with Crippen molar-refractivity contribution in [2.75, 3.05) is 19.8 Å². The topological polar surface area (TPSA) is 103 Å².